The molecule has 120 valence electrons. The summed E-state index contributed by atoms with van der Waals surface area (Å²) < 4.78 is 4.56. The monoisotopic (exact) mass is 314 g/mol. The zero-order valence-electron chi connectivity index (χ0n) is 13.0. The predicted molar refractivity (Wildman–Crippen MR) is 86.1 cm³/mol. The normalized spacial score (nSPS) is 11.6. The van der Waals surface area contributed by atoms with Crippen molar-refractivity contribution in [2.45, 2.75) is 19.4 Å². The highest BCUT2D eigenvalue weighted by Crippen LogP contribution is 2.17. The fraction of sp³-hybridized carbons (Fsp3) is 0.235. The van der Waals surface area contributed by atoms with E-state index in [4.69, 9.17) is 0 Å². The van der Waals surface area contributed by atoms with E-state index in [1.54, 1.807) is 43.5 Å². The average molecular weight is 314 g/mol. The van der Waals surface area contributed by atoms with Crippen molar-refractivity contribution in [3.8, 4) is 11.1 Å². The van der Waals surface area contributed by atoms with Gasteiger partial charge >= 0.3 is 5.97 Å². The average Bonchev–Trinajstić information content (AvgIpc) is 2.54. The van der Waals surface area contributed by atoms with E-state index in [9.17, 15) is 14.4 Å². The summed E-state index contributed by atoms with van der Waals surface area (Å²) in [6.07, 6.45) is 1.69. The molecule has 1 aromatic carbocycles. The fourth-order valence-corrected chi connectivity index (χ4v) is 2.13. The quantitative estimate of drug-likeness (QED) is 0.823. The summed E-state index contributed by atoms with van der Waals surface area (Å²) in [6, 6.07) is 9.86. The minimum absolute atomic E-state index is 0.118. The molecule has 6 heteroatoms. The smallest absolute Gasteiger partial charge is 0.307 e. The van der Waals surface area contributed by atoms with Crippen LogP contribution in [0.15, 0.2) is 47.4 Å². The van der Waals surface area contributed by atoms with Crippen molar-refractivity contribution in [1.82, 2.24) is 10.3 Å². The van der Waals surface area contributed by atoms with Gasteiger partial charge in [-0.05, 0) is 36.2 Å². The van der Waals surface area contributed by atoms with Gasteiger partial charge in [-0.15, -0.1) is 0 Å². The molecule has 0 spiro atoms. The van der Waals surface area contributed by atoms with Gasteiger partial charge in [0, 0.05) is 23.9 Å². The maximum atomic E-state index is 12.1. The Labute approximate surface area is 133 Å². The van der Waals surface area contributed by atoms with E-state index < -0.39 is 0 Å². The summed E-state index contributed by atoms with van der Waals surface area (Å²) in [5.74, 6) is -0.638. The Balaban J connectivity index is 2.06. The molecule has 0 radical (unpaired) electrons. The van der Waals surface area contributed by atoms with Gasteiger partial charge in [0.2, 0.25) is 5.56 Å². The van der Waals surface area contributed by atoms with Gasteiger partial charge in [0.25, 0.3) is 5.91 Å². The molecule has 1 atom stereocenters. The van der Waals surface area contributed by atoms with E-state index in [0.29, 0.717) is 5.56 Å². The summed E-state index contributed by atoms with van der Waals surface area (Å²) in [5, 5.41) is 2.73. The Morgan fingerprint density at radius 2 is 1.87 bits per heavy atom. The number of rotatable bonds is 5. The van der Waals surface area contributed by atoms with Crippen LogP contribution in [0.1, 0.15) is 23.7 Å². The summed E-state index contributed by atoms with van der Waals surface area (Å²) >= 11 is 0. The van der Waals surface area contributed by atoms with Crippen LogP contribution in [0.25, 0.3) is 11.1 Å². The lowest BCUT2D eigenvalue weighted by molar-refractivity contribution is -0.141. The Morgan fingerprint density at radius 3 is 2.48 bits per heavy atom. The molecule has 0 saturated carbocycles. The van der Waals surface area contributed by atoms with Crippen molar-refractivity contribution < 1.29 is 14.3 Å². The van der Waals surface area contributed by atoms with Gasteiger partial charge in [-0.1, -0.05) is 12.1 Å². The number of nitrogens with one attached hydrogen (secondary N) is 2. The van der Waals surface area contributed by atoms with Crippen LogP contribution in [0.4, 0.5) is 0 Å². The van der Waals surface area contributed by atoms with Gasteiger partial charge in [0.15, 0.2) is 0 Å². The second-order valence-corrected chi connectivity index (χ2v) is 5.17. The molecule has 0 saturated heterocycles. The van der Waals surface area contributed by atoms with E-state index in [1.807, 2.05) is 0 Å². The molecule has 23 heavy (non-hydrogen) atoms. The predicted octanol–water partition coefficient (Wildman–Crippen LogP) is 1.72. The lowest BCUT2D eigenvalue weighted by Crippen LogP contribution is -2.34. The van der Waals surface area contributed by atoms with Gasteiger partial charge in [-0.2, -0.15) is 0 Å². The number of carbonyl (C=O) groups excluding carboxylic acids is 2. The second-order valence-electron chi connectivity index (χ2n) is 5.17. The Morgan fingerprint density at radius 1 is 1.17 bits per heavy atom. The molecule has 1 heterocycles. The molecule has 2 rings (SSSR count). The van der Waals surface area contributed by atoms with Gasteiger partial charge in [-0.3, -0.25) is 14.4 Å². The van der Waals surface area contributed by atoms with Crippen LogP contribution in [0.3, 0.4) is 0 Å². The highest BCUT2D eigenvalue weighted by molar-refractivity contribution is 5.95. The number of carbonyl (C=O) groups is 2. The first-order chi connectivity index (χ1) is 11.0. The van der Waals surface area contributed by atoms with Gasteiger partial charge in [0.1, 0.15) is 0 Å². The first-order valence-electron chi connectivity index (χ1n) is 7.16. The third-order valence-electron chi connectivity index (χ3n) is 3.33. The van der Waals surface area contributed by atoms with E-state index in [2.05, 4.69) is 15.0 Å². The number of aromatic nitrogens is 1. The number of esters is 1. The maximum Gasteiger partial charge on any atom is 0.307 e. The number of ether oxygens (including phenoxy) is 1. The third-order valence-corrected chi connectivity index (χ3v) is 3.33. The number of benzene rings is 1. The number of amides is 1. The van der Waals surface area contributed by atoms with Gasteiger partial charge < -0.3 is 15.0 Å². The van der Waals surface area contributed by atoms with Crippen molar-refractivity contribution in [3.05, 3.63) is 58.5 Å². The molecule has 2 N–H and O–H groups in total. The molecule has 1 aromatic heterocycles. The maximum absolute atomic E-state index is 12.1. The molecule has 0 bridgehead atoms. The molecule has 0 aliphatic heterocycles. The zero-order valence-corrected chi connectivity index (χ0v) is 13.0. The molecule has 2 aromatic rings. The van der Waals surface area contributed by atoms with Crippen molar-refractivity contribution >= 4 is 11.9 Å². The Kier molecular flexibility index (Phi) is 5.30. The number of methoxy groups -OCH3 is 1. The van der Waals surface area contributed by atoms with Crippen molar-refractivity contribution in [2.24, 2.45) is 0 Å². The van der Waals surface area contributed by atoms with Crippen LogP contribution < -0.4 is 10.9 Å². The minimum atomic E-state index is -0.373. The molecule has 0 fully saturated rings. The molecule has 0 aliphatic rings. The number of hydrogen-bond donors (Lipinski definition) is 2. The minimum Gasteiger partial charge on any atom is -0.469 e. The van der Waals surface area contributed by atoms with Gasteiger partial charge in [0.05, 0.1) is 13.5 Å². The van der Waals surface area contributed by atoms with E-state index in [-0.39, 0.29) is 29.9 Å². The molecular weight excluding hydrogens is 296 g/mol. The zero-order chi connectivity index (χ0) is 16.8. The molecule has 1 amide bonds. The molecular formula is C17H18N2O4. The number of pyridine rings is 1. The van der Waals surface area contributed by atoms with E-state index in [1.165, 1.54) is 13.2 Å². The topological polar surface area (TPSA) is 88.3 Å². The Hall–Kier alpha value is -2.89. The summed E-state index contributed by atoms with van der Waals surface area (Å²) in [6.45, 7) is 1.74. The fourth-order valence-electron chi connectivity index (χ4n) is 2.13. The van der Waals surface area contributed by atoms with Crippen molar-refractivity contribution in [2.75, 3.05) is 7.11 Å². The van der Waals surface area contributed by atoms with Crippen LogP contribution in [0.5, 0.6) is 0 Å². The number of H-pyrrole nitrogens is 1. The summed E-state index contributed by atoms with van der Waals surface area (Å²) in [4.78, 5) is 37.1. The van der Waals surface area contributed by atoms with Crippen LogP contribution >= 0.6 is 0 Å². The lowest BCUT2D eigenvalue weighted by Gasteiger charge is -2.12. The van der Waals surface area contributed by atoms with Crippen LogP contribution in [-0.4, -0.2) is 30.0 Å². The van der Waals surface area contributed by atoms with Crippen LogP contribution in [0, 0.1) is 0 Å². The standard InChI is InChI=1S/C17H18N2O4/c1-11(9-16(21)23-2)19-17(22)13-5-3-12(4-6-13)14-7-8-18-15(20)10-14/h3-8,10-11H,9H2,1-2H3,(H,18,20)(H,19,22). The summed E-state index contributed by atoms with van der Waals surface area (Å²) in [5.41, 5.74) is 1.92. The van der Waals surface area contributed by atoms with Gasteiger partial charge in [-0.25, -0.2) is 0 Å². The highest BCUT2D eigenvalue weighted by atomic mass is 16.5. The lowest BCUT2D eigenvalue weighted by atomic mass is 10.0. The number of hydrogen-bond acceptors (Lipinski definition) is 4. The van der Waals surface area contributed by atoms with Crippen molar-refractivity contribution in [1.29, 1.82) is 0 Å². The highest BCUT2D eigenvalue weighted by Gasteiger charge is 2.13. The van der Waals surface area contributed by atoms with Crippen molar-refractivity contribution in [3.63, 3.8) is 0 Å². The second kappa shape index (κ2) is 7.40. The van der Waals surface area contributed by atoms with E-state index in [0.717, 1.165) is 11.1 Å². The molecule has 1 unspecified atom stereocenters. The first kappa shape index (κ1) is 16.5. The summed E-state index contributed by atoms with van der Waals surface area (Å²) in [7, 11) is 1.31. The van der Waals surface area contributed by atoms with Crippen LogP contribution in [-0.2, 0) is 9.53 Å². The molecule has 6 nitrogen and oxygen atoms in total. The SMILES string of the molecule is COC(=O)CC(C)NC(=O)c1ccc(-c2cc[nH]c(=O)c2)cc1. The van der Waals surface area contributed by atoms with Crippen LogP contribution in [0.2, 0.25) is 0 Å². The Bertz CT molecular complexity index is 750. The molecule has 0 aliphatic carbocycles. The number of aromatic amines is 1. The third kappa shape index (κ3) is 4.54. The van der Waals surface area contributed by atoms with E-state index >= 15 is 0 Å². The first-order valence-corrected chi connectivity index (χ1v) is 7.16. The largest absolute Gasteiger partial charge is 0.469 e.